The SMILES string of the molecule is CCc1cc(C2CC2)c(S(=O)(=O)F)cc1-n1nc(C(F)(F)F)nc1N. The van der Waals surface area contributed by atoms with Crippen LogP contribution in [0.15, 0.2) is 17.0 Å². The summed E-state index contributed by atoms with van der Waals surface area (Å²) in [7, 11) is -5.05. The minimum absolute atomic E-state index is 0.0383. The van der Waals surface area contributed by atoms with Gasteiger partial charge in [-0.2, -0.15) is 31.3 Å². The Morgan fingerprint density at radius 1 is 1.32 bits per heavy atom. The molecule has 1 saturated carbocycles. The van der Waals surface area contributed by atoms with Crippen LogP contribution >= 0.6 is 0 Å². The highest BCUT2D eigenvalue weighted by Gasteiger charge is 2.38. The number of nitrogens with zero attached hydrogens (tertiary/aromatic N) is 3. The van der Waals surface area contributed by atoms with Crippen molar-refractivity contribution in [3.63, 3.8) is 0 Å². The quantitative estimate of drug-likeness (QED) is 0.652. The summed E-state index contributed by atoms with van der Waals surface area (Å²) in [6.07, 6.45) is -2.99. The maximum atomic E-state index is 13.7. The summed E-state index contributed by atoms with van der Waals surface area (Å²) in [5.74, 6) is -2.09. The monoisotopic (exact) mass is 378 g/mol. The van der Waals surface area contributed by atoms with Crippen molar-refractivity contribution in [1.29, 1.82) is 0 Å². The molecule has 25 heavy (non-hydrogen) atoms. The minimum atomic E-state index is -5.05. The Hall–Kier alpha value is -2.17. The van der Waals surface area contributed by atoms with E-state index in [0.717, 1.165) is 18.9 Å². The lowest BCUT2D eigenvalue weighted by Gasteiger charge is -2.14. The number of halogens is 4. The van der Waals surface area contributed by atoms with Gasteiger partial charge in [-0.15, -0.1) is 8.98 Å². The standard InChI is InChI=1S/C14H14F4N4O2S/c1-2-7-5-9(8-3-4-8)11(25(18,23)24)6-10(7)22-13(19)20-12(21-22)14(15,16)17/h5-6,8H,2-4H2,1H3,(H2,19,20,21). The lowest BCUT2D eigenvalue weighted by Crippen LogP contribution is -2.11. The van der Waals surface area contributed by atoms with E-state index in [4.69, 9.17) is 5.73 Å². The molecule has 1 aliphatic carbocycles. The van der Waals surface area contributed by atoms with Crippen LogP contribution in [0.2, 0.25) is 0 Å². The maximum Gasteiger partial charge on any atom is 0.453 e. The summed E-state index contributed by atoms with van der Waals surface area (Å²) < 4.78 is 75.7. The van der Waals surface area contributed by atoms with Gasteiger partial charge in [-0.3, -0.25) is 0 Å². The van der Waals surface area contributed by atoms with Gasteiger partial charge in [-0.05, 0) is 42.4 Å². The molecule has 1 aromatic heterocycles. The fourth-order valence-electron chi connectivity index (χ4n) is 2.66. The second-order valence-corrected chi connectivity index (χ2v) is 7.10. The number of aryl methyl sites for hydroxylation is 1. The van der Waals surface area contributed by atoms with Gasteiger partial charge in [0.15, 0.2) is 0 Å². The van der Waals surface area contributed by atoms with Gasteiger partial charge in [0.2, 0.25) is 5.95 Å². The first-order valence-electron chi connectivity index (χ1n) is 7.44. The van der Waals surface area contributed by atoms with Crippen molar-refractivity contribution in [1.82, 2.24) is 14.8 Å². The zero-order valence-corrected chi connectivity index (χ0v) is 13.8. The van der Waals surface area contributed by atoms with E-state index >= 15 is 0 Å². The molecule has 2 N–H and O–H groups in total. The van der Waals surface area contributed by atoms with Crippen LogP contribution in [0, 0.1) is 0 Å². The second kappa shape index (κ2) is 5.68. The molecule has 0 amide bonds. The number of nitrogen functional groups attached to an aromatic ring is 1. The molecule has 0 spiro atoms. The fourth-order valence-corrected chi connectivity index (χ4v) is 3.42. The molecule has 1 fully saturated rings. The predicted molar refractivity (Wildman–Crippen MR) is 80.4 cm³/mol. The maximum absolute atomic E-state index is 13.7. The average molecular weight is 378 g/mol. The van der Waals surface area contributed by atoms with Crippen molar-refractivity contribution in [3.05, 3.63) is 29.1 Å². The van der Waals surface area contributed by atoms with Crippen LogP contribution in [0.5, 0.6) is 0 Å². The first-order chi connectivity index (χ1) is 11.5. The molecule has 0 saturated heterocycles. The molecule has 1 aliphatic rings. The normalized spacial score (nSPS) is 15.6. The zero-order valence-electron chi connectivity index (χ0n) is 13.0. The average Bonchev–Trinajstić information content (AvgIpc) is 3.26. The summed E-state index contributed by atoms with van der Waals surface area (Å²) in [4.78, 5) is 2.59. The lowest BCUT2D eigenvalue weighted by atomic mass is 10.0. The molecular weight excluding hydrogens is 364 g/mol. The van der Waals surface area contributed by atoms with E-state index in [1.54, 1.807) is 6.92 Å². The summed E-state index contributed by atoms with van der Waals surface area (Å²) in [5.41, 5.74) is 6.30. The van der Waals surface area contributed by atoms with E-state index < -0.39 is 33.1 Å². The molecule has 2 aromatic rings. The molecule has 6 nitrogen and oxygen atoms in total. The summed E-state index contributed by atoms with van der Waals surface area (Å²) in [5, 5.41) is 3.31. The third-order valence-electron chi connectivity index (χ3n) is 3.99. The molecular formula is C14H14F4N4O2S. The van der Waals surface area contributed by atoms with Crippen molar-refractivity contribution in [2.24, 2.45) is 0 Å². The van der Waals surface area contributed by atoms with Gasteiger partial charge >= 0.3 is 16.4 Å². The third kappa shape index (κ3) is 3.32. The van der Waals surface area contributed by atoms with Gasteiger partial charge in [0, 0.05) is 0 Å². The molecule has 0 unspecified atom stereocenters. The van der Waals surface area contributed by atoms with Crippen LogP contribution in [-0.2, 0) is 22.8 Å². The van der Waals surface area contributed by atoms with Crippen LogP contribution in [-0.4, -0.2) is 23.2 Å². The summed E-state index contributed by atoms with van der Waals surface area (Å²) in [6.45, 7) is 1.73. The molecule has 1 heterocycles. The minimum Gasteiger partial charge on any atom is -0.368 e. The van der Waals surface area contributed by atoms with Gasteiger partial charge in [0.05, 0.1) is 5.69 Å². The first-order valence-corrected chi connectivity index (χ1v) is 8.82. The van der Waals surface area contributed by atoms with E-state index in [9.17, 15) is 25.5 Å². The zero-order chi connectivity index (χ0) is 18.6. The largest absolute Gasteiger partial charge is 0.453 e. The number of hydrogen-bond donors (Lipinski definition) is 1. The van der Waals surface area contributed by atoms with Crippen LogP contribution in [0.4, 0.5) is 23.0 Å². The van der Waals surface area contributed by atoms with Crippen molar-refractivity contribution in [2.75, 3.05) is 5.73 Å². The Kier molecular flexibility index (Phi) is 4.01. The van der Waals surface area contributed by atoms with Crippen molar-refractivity contribution in [3.8, 4) is 5.69 Å². The van der Waals surface area contributed by atoms with Gasteiger partial charge in [-0.1, -0.05) is 13.0 Å². The molecule has 1 aromatic carbocycles. The van der Waals surface area contributed by atoms with Crippen molar-refractivity contribution in [2.45, 2.75) is 43.2 Å². The number of alkyl halides is 3. The molecule has 0 aliphatic heterocycles. The van der Waals surface area contributed by atoms with E-state index in [0.29, 0.717) is 22.2 Å². The van der Waals surface area contributed by atoms with E-state index in [1.807, 2.05) is 0 Å². The third-order valence-corrected chi connectivity index (χ3v) is 4.86. The van der Waals surface area contributed by atoms with Gasteiger partial charge in [0.25, 0.3) is 5.82 Å². The Balaban J connectivity index is 2.24. The second-order valence-electron chi connectivity index (χ2n) is 5.79. The molecule has 136 valence electrons. The Morgan fingerprint density at radius 3 is 2.40 bits per heavy atom. The van der Waals surface area contributed by atoms with Gasteiger partial charge in [-0.25, -0.2) is 0 Å². The summed E-state index contributed by atoms with van der Waals surface area (Å²) >= 11 is 0. The fraction of sp³-hybridized carbons (Fsp3) is 0.429. The van der Waals surface area contributed by atoms with Gasteiger partial charge < -0.3 is 5.73 Å². The van der Waals surface area contributed by atoms with E-state index in [2.05, 4.69) is 10.1 Å². The highest BCUT2D eigenvalue weighted by Crippen LogP contribution is 2.44. The number of benzene rings is 1. The first kappa shape index (κ1) is 17.6. The van der Waals surface area contributed by atoms with Gasteiger partial charge in [0.1, 0.15) is 4.90 Å². The van der Waals surface area contributed by atoms with Crippen LogP contribution in [0.25, 0.3) is 5.69 Å². The Morgan fingerprint density at radius 2 is 1.96 bits per heavy atom. The number of rotatable bonds is 4. The van der Waals surface area contributed by atoms with Crippen molar-refractivity contribution >= 4 is 16.2 Å². The lowest BCUT2D eigenvalue weighted by molar-refractivity contribution is -0.144. The number of anilines is 1. The number of aromatic nitrogens is 3. The van der Waals surface area contributed by atoms with E-state index in [-0.39, 0.29) is 11.6 Å². The van der Waals surface area contributed by atoms with E-state index in [1.165, 1.54) is 6.07 Å². The highest BCUT2D eigenvalue weighted by atomic mass is 32.3. The summed E-state index contributed by atoms with van der Waals surface area (Å²) in [6, 6.07) is 2.47. The smallest absolute Gasteiger partial charge is 0.368 e. The Bertz CT molecular complexity index is 933. The highest BCUT2D eigenvalue weighted by molar-refractivity contribution is 7.86. The number of nitrogens with two attached hydrogens (primary N) is 1. The van der Waals surface area contributed by atoms with Crippen LogP contribution in [0.1, 0.15) is 42.6 Å². The molecule has 0 atom stereocenters. The predicted octanol–water partition coefficient (Wildman–Crippen LogP) is 2.97. The van der Waals surface area contributed by atoms with Crippen molar-refractivity contribution < 1.29 is 25.5 Å². The number of hydrogen-bond acceptors (Lipinski definition) is 5. The molecule has 0 radical (unpaired) electrons. The molecule has 11 heteroatoms. The Labute approximate surface area is 140 Å². The molecule has 3 rings (SSSR count). The van der Waals surface area contributed by atoms with Crippen LogP contribution in [0.3, 0.4) is 0 Å². The molecule has 0 bridgehead atoms. The van der Waals surface area contributed by atoms with Crippen LogP contribution < -0.4 is 5.73 Å². The topological polar surface area (TPSA) is 90.9 Å².